The Kier molecular flexibility index (Phi) is 13.2. The molecule has 4 amide bonds. The summed E-state index contributed by atoms with van der Waals surface area (Å²) in [7, 11) is 0. The fourth-order valence-electron chi connectivity index (χ4n) is 3.69. The van der Waals surface area contributed by atoms with Gasteiger partial charge < -0.3 is 18.9 Å². The SMILES string of the molecule is Cc1ccc(NC(=O)OCCOC(=O)Nc2ccc(C)c(NC(=O)OCCOC(=O)Nc3ccc(C)c(N=C=O)c3)c2)cc1N=C=O. The minimum Gasteiger partial charge on any atom is -0.446 e. The van der Waals surface area contributed by atoms with E-state index in [0.29, 0.717) is 39.7 Å². The van der Waals surface area contributed by atoms with Crippen LogP contribution in [0.25, 0.3) is 0 Å². The highest BCUT2D eigenvalue weighted by Gasteiger charge is 2.12. The number of isocyanates is 2. The summed E-state index contributed by atoms with van der Waals surface area (Å²) in [5.74, 6) is 0. The van der Waals surface area contributed by atoms with Crippen molar-refractivity contribution in [3.8, 4) is 0 Å². The minimum absolute atomic E-state index is 0.244. The number of carbonyl (C=O) groups is 4. The summed E-state index contributed by atoms with van der Waals surface area (Å²) in [6.07, 6.45) is -0.404. The number of anilines is 4. The summed E-state index contributed by atoms with van der Waals surface area (Å²) in [6.45, 7) is 4.21. The molecule has 0 unspecified atom stereocenters. The smallest absolute Gasteiger partial charge is 0.411 e. The van der Waals surface area contributed by atoms with E-state index in [1.54, 1.807) is 57.2 Å². The third kappa shape index (κ3) is 11.8. The Morgan fingerprint density at radius 1 is 0.532 bits per heavy atom. The normalized spacial score (nSPS) is 9.85. The van der Waals surface area contributed by atoms with Gasteiger partial charge in [0.25, 0.3) is 0 Å². The van der Waals surface area contributed by atoms with Crippen LogP contribution in [0.4, 0.5) is 53.3 Å². The molecule has 16 heteroatoms. The lowest BCUT2D eigenvalue weighted by Gasteiger charge is -2.13. The van der Waals surface area contributed by atoms with Gasteiger partial charge in [-0.2, -0.15) is 9.98 Å². The van der Waals surface area contributed by atoms with Crippen LogP contribution >= 0.6 is 0 Å². The number of benzene rings is 3. The molecular formula is C31H30N6O10. The van der Waals surface area contributed by atoms with E-state index < -0.39 is 24.4 Å². The van der Waals surface area contributed by atoms with Crippen LogP contribution in [-0.4, -0.2) is 63.0 Å². The molecule has 0 atom stereocenters. The maximum atomic E-state index is 12.3. The first-order valence-electron chi connectivity index (χ1n) is 13.8. The largest absolute Gasteiger partial charge is 0.446 e. The lowest BCUT2D eigenvalue weighted by molar-refractivity contribution is 0.110. The Hall–Kier alpha value is -6.50. The average molecular weight is 647 g/mol. The second kappa shape index (κ2) is 17.7. The van der Waals surface area contributed by atoms with Crippen molar-refractivity contribution in [3.05, 3.63) is 71.3 Å². The van der Waals surface area contributed by atoms with Crippen LogP contribution in [-0.2, 0) is 28.5 Å². The number of nitrogens with one attached hydrogen (secondary N) is 4. The zero-order valence-electron chi connectivity index (χ0n) is 25.5. The number of hydrogen-bond acceptors (Lipinski definition) is 12. The predicted molar refractivity (Wildman–Crippen MR) is 169 cm³/mol. The molecule has 0 aromatic heterocycles. The molecule has 0 saturated carbocycles. The van der Waals surface area contributed by atoms with Crippen LogP contribution in [0.2, 0.25) is 0 Å². The van der Waals surface area contributed by atoms with Gasteiger partial charge in [-0.25, -0.2) is 28.8 Å². The molecular weight excluding hydrogens is 616 g/mol. The summed E-state index contributed by atoms with van der Waals surface area (Å²) in [5.41, 5.74) is 4.10. The molecule has 0 spiro atoms. The number of aryl methyl sites for hydroxylation is 3. The van der Waals surface area contributed by atoms with E-state index >= 15 is 0 Å². The summed E-state index contributed by atoms with van der Waals surface area (Å²) in [5, 5.41) is 9.97. The van der Waals surface area contributed by atoms with Gasteiger partial charge in [0, 0.05) is 22.7 Å². The van der Waals surface area contributed by atoms with E-state index in [0.717, 1.165) is 11.1 Å². The summed E-state index contributed by atoms with van der Waals surface area (Å²) in [4.78, 5) is 76.6. The number of ether oxygens (including phenoxy) is 4. The van der Waals surface area contributed by atoms with E-state index in [2.05, 4.69) is 31.3 Å². The van der Waals surface area contributed by atoms with E-state index in [9.17, 15) is 28.8 Å². The van der Waals surface area contributed by atoms with Gasteiger partial charge in [0.2, 0.25) is 12.2 Å². The Morgan fingerprint density at radius 3 is 1.26 bits per heavy atom. The van der Waals surface area contributed by atoms with E-state index in [1.807, 2.05) is 0 Å². The highest BCUT2D eigenvalue weighted by molar-refractivity contribution is 5.90. The van der Waals surface area contributed by atoms with Gasteiger partial charge in [0.1, 0.15) is 26.4 Å². The first-order chi connectivity index (χ1) is 22.6. The van der Waals surface area contributed by atoms with Gasteiger partial charge in [-0.3, -0.25) is 21.3 Å². The first kappa shape index (κ1) is 35.0. The molecule has 3 aromatic rings. The van der Waals surface area contributed by atoms with Crippen molar-refractivity contribution in [2.75, 3.05) is 47.7 Å². The summed E-state index contributed by atoms with van der Waals surface area (Å²) >= 11 is 0. The molecule has 47 heavy (non-hydrogen) atoms. The minimum atomic E-state index is -0.838. The van der Waals surface area contributed by atoms with Crippen molar-refractivity contribution in [2.24, 2.45) is 9.98 Å². The van der Waals surface area contributed by atoms with E-state index in [1.165, 1.54) is 30.4 Å². The van der Waals surface area contributed by atoms with E-state index in [-0.39, 0.29) is 26.4 Å². The number of amides is 4. The zero-order valence-corrected chi connectivity index (χ0v) is 25.5. The number of nitrogens with zero attached hydrogens (tertiary/aromatic N) is 2. The van der Waals surface area contributed by atoms with Gasteiger partial charge in [-0.1, -0.05) is 18.2 Å². The number of hydrogen-bond donors (Lipinski definition) is 4. The molecule has 0 radical (unpaired) electrons. The van der Waals surface area contributed by atoms with Crippen LogP contribution in [0.1, 0.15) is 16.7 Å². The Balaban J connectivity index is 1.36. The fraction of sp³-hybridized carbons (Fsp3) is 0.226. The van der Waals surface area contributed by atoms with Gasteiger partial charge in [0.15, 0.2) is 0 Å². The van der Waals surface area contributed by atoms with Crippen molar-refractivity contribution in [2.45, 2.75) is 20.8 Å². The molecule has 0 aliphatic rings. The van der Waals surface area contributed by atoms with Crippen LogP contribution in [0.15, 0.2) is 64.6 Å². The molecule has 0 bridgehead atoms. The number of aliphatic imine (C=N–C) groups is 2. The molecule has 4 N–H and O–H groups in total. The Labute approximate surface area is 268 Å². The zero-order chi connectivity index (χ0) is 34.2. The lowest BCUT2D eigenvalue weighted by Crippen LogP contribution is -2.21. The highest BCUT2D eigenvalue weighted by Crippen LogP contribution is 2.24. The van der Waals surface area contributed by atoms with Gasteiger partial charge in [-0.05, 0) is 73.9 Å². The maximum absolute atomic E-state index is 12.3. The van der Waals surface area contributed by atoms with E-state index in [4.69, 9.17) is 18.9 Å². The maximum Gasteiger partial charge on any atom is 0.411 e. The topological polar surface area (TPSA) is 212 Å². The molecule has 16 nitrogen and oxygen atoms in total. The number of carbonyl (C=O) groups excluding carboxylic acids is 6. The second-order valence-electron chi connectivity index (χ2n) is 9.48. The third-order valence-corrected chi connectivity index (χ3v) is 6.06. The van der Waals surface area contributed by atoms with Gasteiger partial charge in [-0.15, -0.1) is 0 Å². The predicted octanol–water partition coefficient (Wildman–Crippen LogP) is 6.14. The Bertz CT molecular complexity index is 1730. The van der Waals surface area contributed by atoms with Crippen molar-refractivity contribution in [1.29, 1.82) is 0 Å². The molecule has 0 heterocycles. The van der Waals surface area contributed by atoms with Crippen molar-refractivity contribution in [3.63, 3.8) is 0 Å². The molecule has 244 valence electrons. The molecule has 3 rings (SSSR count). The lowest BCUT2D eigenvalue weighted by atomic mass is 10.2. The van der Waals surface area contributed by atoms with Crippen molar-refractivity contribution >= 4 is 70.7 Å². The molecule has 0 aliphatic heterocycles. The summed E-state index contributed by atoms with van der Waals surface area (Å²) in [6, 6.07) is 14.2. The molecule has 0 aliphatic carbocycles. The highest BCUT2D eigenvalue weighted by atomic mass is 16.6. The van der Waals surface area contributed by atoms with Gasteiger partial charge >= 0.3 is 24.4 Å². The second-order valence-corrected chi connectivity index (χ2v) is 9.48. The Morgan fingerprint density at radius 2 is 0.872 bits per heavy atom. The third-order valence-electron chi connectivity index (χ3n) is 6.06. The summed E-state index contributed by atoms with van der Waals surface area (Å²) < 4.78 is 20.0. The molecule has 0 fully saturated rings. The monoisotopic (exact) mass is 646 g/mol. The first-order valence-corrected chi connectivity index (χ1v) is 13.8. The average Bonchev–Trinajstić information content (AvgIpc) is 3.03. The standard InChI is InChI=1S/C31H30N6O10/c1-19-4-7-22(14-25(19)32-17-38)34-28(40)44-10-11-45-30(42)36-24-9-6-21(3)27(16-24)37-31(43)47-13-12-46-29(41)35-23-8-5-20(2)26(15-23)33-18-39/h4-9,14-16H,10-13H2,1-3H3,(H,34,40)(H,35,41)(H,36,42)(H,37,43). The van der Waals surface area contributed by atoms with Crippen molar-refractivity contribution in [1.82, 2.24) is 0 Å². The number of rotatable bonds is 12. The van der Waals surface area contributed by atoms with Crippen LogP contribution in [0.3, 0.4) is 0 Å². The van der Waals surface area contributed by atoms with Crippen LogP contribution in [0, 0.1) is 20.8 Å². The fourth-order valence-corrected chi connectivity index (χ4v) is 3.69. The quantitative estimate of drug-likeness (QED) is 0.0763. The van der Waals surface area contributed by atoms with Crippen molar-refractivity contribution < 1.29 is 47.7 Å². The van der Waals surface area contributed by atoms with Crippen LogP contribution < -0.4 is 21.3 Å². The molecule has 3 aromatic carbocycles. The van der Waals surface area contributed by atoms with Crippen LogP contribution in [0.5, 0.6) is 0 Å². The molecule has 0 saturated heterocycles. The van der Waals surface area contributed by atoms with Gasteiger partial charge in [0.05, 0.1) is 11.4 Å².